The Morgan fingerprint density at radius 2 is 1.56 bits per heavy atom. The molecule has 0 aromatic heterocycles. The lowest BCUT2D eigenvalue weighted by Gasteiger charge is -2.12. The van der Waals surface area contributed by atoms with E-state index in [4.69, 9.17) is 9.47 Å². The molecule has 176 valence electrons. The predicted molar refractivity (Wildman–Crippen MR) is 133 cm³/mol. The summed E-state index contributed by atoms with van der Waals surface area (Å²) in [6, 6.07) is 21.2. The van der Waals surface area contributed by atoms with Crippen LogP contribution in [0.3, 0.4) is 0 Å². The van der Waals surface area contributed by atoms with Gasteiger partial charge in [-0.3, -0.25) is 9.59 Å². The average molecular weight is 525 g/mol. The summed E-state index contributed by atoms with van der Waals surface area (Å²) in [5.41, 5.74) is 2.85. The van der Waals surface area contributed by atoms with Gasteiger partial charge in [-0.1, -0.05) is 52.3 Å². The lowest BCUT2D eigenvalue weighted by Crippen LogP contribution is -2.24. The van der Waals surface area contributed by atoms with Crippen LogP contribution < -0.4 is 15.4 Å². The van der Waals surface area contributed by atoms with Crippen LogP contribution in [-0.4, -0.2) is 24.6 Å². The van der Waals surface area contributed by atoms with E-state index in [1.807, 2.05) is 42.5 Å². The van der Waals surface area contributed by atoms with Crippen molar-refractivity contribution in [1.82, 2.24) is 5.32 Å². The Morgan fingerprint density at radius 1 is 0.882 bits per heavy atom. The van der Waals surface area contributed by atoms with E-state index in [1.165, 1.54) is 12.1 Å². The molecule has 0 saturated carbocycles. The van der Waals surface area contributed by atoms with E-state index in [1.54, 1.807) is 25.1 Å². The monoisotopic (exact) mass is 524 g/mol. The molecule has 2 amide bonds. The second-order valence-corrected chi connectivity index (χ2v) is 8.14. The number of benzene rings is 3. The van der Waals surface area contributed by atoms with Crippen LogP contribution in [0.1, 0.15) is 34.8 Å². The molecule has 3 aromatic carbocycles. The standard InChI is InChI=1S/C26H25BrN2O5/c1-2-33-26(32)34-21-14-11-19(12-15-21)25(31)29-23-10-6-4-8-20(23)17-28-24(30)16-13-18-7-3-5-9-22(18)27/h3-12,14-15H,2,13,16-17H2,1H3,(H,28,30)(H,29,31). The van der Waals surface area contributed by atoms with Gasteiger partial charge in [0.05, 0.1) is 6.61 Å². The van der Waals surface area contributed by atoms with Crippen molar-refractivity contribution < 1.29 is 23.9 Å². The second kappa shape index (κ2) is 12.6. The maximum absolute atomic E-state index is 12.7. The largest absolute Gasteiger partial charge is 0.513 e. The molecule has 7 nitrogen and oxygen atoms in total. The van der Waals surface area contributed by atoms with Gasteiger partial charge in [-0.05, 0) is 60.9 Å². The summed E-state index contributed by atoms with van der Waals surface area (Å²) in [6.07, 6.45) is 0.186. The minimum atomic E-state index is -0.799. The van der Waals surface area contributed by atoms with E-state index in [2.05, 4.69) is 26.6 Å². The molecule has 0 aliphatic carbocycles. The summed E-state index contributed by atoms with van der Waals surface area (Å²) >= 11 is 3.49. The van der Waals surface area contributed by atoms with Gasteiger partial charge in [0.15, 0.2) is 0 Å². The highest BCUT2D eigenvalue weighted by atomic mass is 79.9. The molecular formula is C26H25BrN2O5. The molecule has 34 heavy (non-hydrogen) atoms. The molecule has 8 heteroatoms. The van der Waals surface area contributed by atoms with Crippen LogP contribution in [0.4, 0.5) is 10.5 Å². The summed E-state index contributed by atoms with van der Waals surface area (Å²) in [4.78, 5) is 36.4. The number of ether oxygens (including phenoxy) is 2. The topological polar surface area (TPSA) is 93.7 Å². The van der Waals surface area contributed by atoms with Crippen LogP contribution in [0.15, 0.2) is 77.3 Å². The van der Waals surface area contributed by atoms with Gasteiger partial charge in [-0.15, -0.1) is 0 Å². The highest BCUT2D eigenvalue weighted by molar-refractivity contribution is 9.10. The van der Waals surface area contributed by atoms with Crippen molar-refractivity contribution in [2.24, 2.45) is 0 Å². The van der Waals surface area contributed by atoms with Crippen molar-refractivity contribution in [2.75, 3.05) is 11.9 Å². The minimum absolute atomic E-state index is 0.0749. The van der Waals surface area contributed by atoms with Crippen LogP contribution in [-0.2, 0) is 22.5 Å². The number of carbonyl (C=O) groups excluding carboxylic acids is 3. The van der Waals surface area contributed by atoms with Crippen molar-refractivity contribution in [3.63, 3.8) is 0 Å². The number of aryl methyl sites for hydroxylation is 1. The summed E-state index contributed by atoms with van der Waals surface area (Å²) in [5.74, 6) is -0.120. The van der Waals surface area contributed by atoms with Crippen LogP contribution in [0.5, 0.6) is 5.75 Å². The van der Waals surface area contributed by atoms with Crippen molar-refractivity contribution in [3.05, 3.63) is 94.0 Å². The van der Waals surface area contributed by atoms with Gasteiger partial charge in [-0.25, -0.2) is 4.79 Å². The fourth-order valence-electron chi connectivity index (χ4n) is 3.14. The molecule has 0 aliphatic rings. The lowest BCUT2D eigenvalue weighted by molar-refractivity contribution is -0.121. The Bertz CT molecular complexity index is 1150. The SMILES string of the molecule is CCOC(=O)Oc1ccc(C(=O)Nc2ccccc2CNC(=O)CCc2ccccc2Br)cc1. The third kappa shape index (κ3) is 7.45. The number of anilines is 1. The van der Waals surface area contributed by atoms with Gasteiger partial charge in [0, 0.05) is 28.7 Å². The molecule has 0 spiro atoms. The third-order valence-corrected chi connectivity index (χ3v) is 5.67. The zero-order chi connectivity index (χ0) is 24.3. The number of para-hydroxylation sites is 1. The Balaban J connectivity index is 1.55. The Morgan fingerprint density at radius 3 is 2.26 bits per heavy atom. The lowest BCUT2D eigenvalue weighted by atomic mass is 10.1. The van der Waals surface area contributed by atoms with Crippen LogP contribution in [0, 0.1) is 0 Å². The number of rotatable bonds is 9. The highest BCUT2D eigenvalue weighted by Crippen LogP contribution is 2.19. The van der Waals surface area contributed by atoms with E-state index in [0.717, 1.165) is 15.6 Å². The van der Waals surface area contributed by atoms with Crippen molar-refractivity contribution >= 4 is 39.6 Å². The number of hydrogen-bond donors (Lipinski definition) is 2. The summed E-state index contributed by atoms with van der Waals surface area (Å²) in [7, 11) is 0. The predicted octanol–water partition coefficient (Wildman–Crippen LogP) is 5.49. The molecule has 0 unspecified atom stereocenters. The fourth-order valence-corrected chi connectivity index (χ4v) is 3.62. The van der Waals surface area contributed by atoms with Gasteiger partial charge in [0.1, 0.15) is 5.75 Å². The summed E-state index contributed by atoms with van der Waals surface area (Å²) < 4.78 is 10.7. The minimum Gasteiger partial charge on any atom is -0.434 e. The molecular weight excluding hydrogens is 500 g/mol. The first-order chi connectivity index (χ1) is 16.5. The molecule has 3 rings (SSSR count). The first-order valence-electron chi connectivity index (χ1n) is 10.8. The summed E-state index contributed by atoms with van der Waals surface area (Å²) in [5, 5.41) is 5.78. The van der Waals surface area contributed by atoms with E-state index in [0.29, 0.717) is 24.1 Å². The van der Waals surface area contributed by atoms with Gasteiger partial charge < -0.3 is 20.1 Å². The Kier molecular flexibility index (Phi) is 9.22. The quantitative estimate of drug-likeness (QED) is 0.285. The van der Waals surface area contributed by atoms with Crippen LogP contribution in [0.2, 0.25) is 0 Å². The number of hydrogen-bond acceptors (Lipinski definition) is 5. The van der Waals surface area contributed by atoms with E-state index in [9.17, 15) is 14.4 Å². The van der Waals surface area contributed by atoms with Crippen molar-refractivity contribution in [2.45, 2.75) is 26.3 Å². The molecule has 0 radical (unpaired) electrons. The van der Waals surface area contributed by atoms with Gasteiger partial charge >= 0.3 is 6.16 Å². The van der Waals surface area contributed by atoms with Crippen LogP contribution in [0.25, 0.3) is 0 Å². The van der Waals surface area contributed by atoms with Crippen molar-refractivity contribution in [3.8, 4) is 5.75 Å². The molecule has 3 aromatic rings. The van der Waals surface area contributed by atoms with Crippen molar-refractivity contribution in [1.29, 1.82) is 0 Å². The van der Waals surface area contributed by atoms with E-state index >= 15 is 0 Å². The zero-order valence-corrected chi connectivity index (χ0v) is 20.3. The van der Waals surface area contributed by atoms with E-state index < -0.39 is 6.16 Å². The first kappa shape index (κ1) is 25.0. The molecule has 0 atom stereocenters. The third-order valence-electron chi connectivity index (χ3n) is 4.90. The number of halogens is 1. The fraction of sp³-hybridized carbons (Fsp3) is 0.192. The Labute approximate surface area is 206 Å². The van der Waals surface area contributed by atoms with Gasteiger partial charge in [0.2, 0.25) is 5.91 Å². The van der Waals surface area contributed by atoms with Gasteiger partial charge in [0.25, 0.3) is 5.91 Å². The second-order valence-electron chi connectivity index (χ2n) is 7.29. The number of carbonyl (C=O) groups is 3. The van der Waals surface area contributed by atoms with Gasteiger partial charge in [-0.2, -0.15) is 0 Å². The van der Waals surface area contributed by atoms with Crippen LogP contribution >= 0.6 is 15.9 Å². The number of amides is 2. The summed E-state index contributed by atoms with van der Waals surface area (Å²) in [6.45, 7) is 2.18. The molecule has 2 N–H and O–H groups in total. The smallest absolute Gasteiger partial charge is 0.434 e. The molecule has 0 aliphatic heterocycles. The maximum Gasteiger partial charge on any atom is 0.513 e. The van der Waals surface area contributed by atoms with E-state index in [-0.39, 0.29) is 30.7 Å². The molecule has 0 fully saturated rings. The molecule has 0 bridgehead atoms. The normalized spacial score (nSPS) is 10.3. The molecule has 0 saturated heterocycles. The highest BCUT2D eigenvalue weighted by Gasteiger charge is 2.12. The molecule has 0 heterocycles. The average Bonchev–Trinajstić information content (AvgIpc) is 2.83. The zero-order valence-electron chi connectivity index (χ0n) is 18.7. The number of nitrogens with one attached hydrogen (secondary N) is 2. The maximum atomic E-state index is 12.7. The first-order valence-corrected chi connectivity index (χ1v) is 11.6. The Hall–Kier alpha value is -3.65.